The minimum atomic E-state index is 0.0712. The SMILES string of the molecule is Cc1csc(/N=C2/S/C(=C\c3ccc(Br)cc3)C(=O)N2C2CCCCC2)n1. The number of aryl methyl sites for hydroxylation is 1. The van der Waals surface area contributed by atoms with Crippen LogP contribution in [0, 0.1) is 6.92 Å². The highest BCUT2D eigenvalue weighted by atomic mass is 79.9. The lowest BCUT2D eigenvalue weighted by atomic mass is 9.94. The van der Waals surface area contributed by atoms with Crippen LogP contribution in [0.15, 0.2) is 44.0 Å². The number of carbonyl (C=O) groups excluding carboxylic acids is 1. The van der Waals surface area contributed by atoms with Gasteiger partial charge in [-0.25, -0.2) is 4.98 Å². The number of aromatic nitrogens is 1. The molecular weight excluding hydrogens is 442 g/mol. The van der Waals surface area contributed by atoms with Crippen LogP contribution in [-0.2, 0) is 4.79 Å². The average Bonchev–Trinajstić information content (AvgIpc) is 3.21. The number of amidine groups is 1. The fraction of sp³-hybridized carbons (Fsp3) is 0.350. The molecule has 0 unspecified atom stereocenters. The highest BCUT2D eigenvalue weighted by molar-refractivity contribution is 9.10. The van der Waals surface area contributed by atoms with E-state index in [0.29, 0.717) is 5.13 Å². The molecule has 0 bridgehead atoms. The van der Waals surface area contributed by atoms with Crippen LogP contribution in [0.4, 0.5) is 5.13 Å². The molecule has 1 saturated carbocycles. The van der Waals surface area contributed by atoms with Crippen LogP contribution >= 0.6 is 39.0 Å². The molecule has 1 aliphatic heterocycles. The van der Waals surface area contributed by atoms with Gasteiger partial charge in [0.15, 0.2) is 5.17 Å². The van der Waals surface area contributed by atoms with Crippen molar-refractivity contribution >= 4 is 61.3 Å². The van der Waals surface area contributed by atoms with Crippen molar-refractivity contribution in [3.05, 3.63) is 50.3 Å². The molecule has 0 radical (unpaired) electrons. The molecule has 2 aromatic rings. The van der Waals surface area contributed by atoms with Crippen LogP contribution in [0.1, 0.15) is 43.4 Å². The van der Waals surface area contributed by atoms with Crippen LogP contribution in [0.25, 0.3) is 6.08 Å². The van der Waals surface area contributed by atoms with Crippen LogP contribution in [0.5, 0.6) is 0 Å². The van der Waals surface area contributed by atoms with Crippen molar-refractivity contribution in [1.29, 1.82) is 0 Å². The van der Waals surface area contributed by atoms with Gasteiger partial charge in [-0.3, -0.25) is 9.69 Å². The van der Waals surface area contributed by atoms with Gasteiger partial charge in [-0.05, 0) is 55.3 Å². The summed E-state index contributed by atoms with van der Waals surface area (Å²) in [5, 5.41) is 3.47. The van der Waals surface area contributed by atoms with E-state index < -0.39 is 0 Å². The molecule has 0 N–H and O–H groups in total. The molecule has 4 rings (SSSR count). The standard InChI is InChI=1S/C20H20BrN3OS2/c1-13-12-26-19(22-13)23-20-24(16-5-3-2-4-6-16)18(25)17(27-20)11-14-7-9-15(21)10-8-14/h7-12,16H,2-6H2,1H3/b17-11-,23-20+. The fourth-order valence-corrected chi connectivity index (χ4v) is 5.44. The average molecular weight is 462 g/mol. The van der Waals surface area contributed by atoms with Gasteiger partial charge in [-0.1, -0.05) is 47.3 Å². The quantitative estimate of drug-likeness (QED) is 0.514. The van der Waals surface area contributed by atoms with E-state index in [1.165, 1.54) is 42.4 Å². The molecule has 0 spiro atoms. The summed E-state index contributed by atoms with van der Waals surface area (Å²) in [4.78, 5) is 25.1. The van der Waals surface area contributed by atoms with E-state index in [2.05, 4.69) is 20.9 Å². The predicted molar refractivity (Wildman–Crippen MR) is 117 cm³/mol. The zero-order valence-electron chi connectivity index (χ0n) is 15.0. The van der Waals surface area contributed by atoms with Gasteiger partial charge in [0.05, 0.1) is 10.6 Å². The summed E-state index contributed by atoms with van der Waals surface area (Å²) in [6.45, 7) is 1.96. The number of hydrogen-bond acceptors (Lipinski definition) is 5. The maximum Gasteiger partial charge on any atom is 0.267 e. The minimum absolute atomic E-state index is 0.0712. The van der Waals surface area contributed by atoms with E-state index in [4.69, 9.17) is 4.99 Å². The van der Waals surface area contributed by atoms with Crippen molar-refractivity contribution in [2.75, 3.05) is 0 Å². The van der Waals surface area contributed by atoms with E-state index in [1.807, 2.05) is 47.5 Å². The molecule has 1 amide bonds. The van der Waals surface area contributed by atoms with Gasteiger partial charge in [0.25, 0.3) is 5.91 Å². The number of aliphatic imine (C=N–C) groups is 1. The highest BCUT2D eigenvalue weighted by Crippen LogP contribution is 2.38. The highest BCUT2D eigenvalue weighted by Gasteiger charge is 2.38. The first kappa shape index (κ1) is 18.9. The Hall–Kier alpha value is -1.44. The number of rotatable bonds is 3. The maximum atomic E-state index is 13.2. The van der Waals surface area contributed by atoms with Crippen LogP contribution in [0.3, 0.4) is 0 Å². The maximum absolute atomic E-state index is 13.2. The lowest BCUT2D eigenvalue weighted by molar-refractivity contribution is -0.124. The van der Waals surface area contributed by atoms with Crippen molar-refractivity contribution in [1.82, 2.24) is 9.88 Å². The van der Waals surface area contributed by atoms with Gasteiger partial charge in [-0.15, -0.1) is 11.3 Å². The van der Waals surface area contributed by atoms with E-state index in [1.54, 1.807) is 0 Å². The number of carbonyl (C=O) groups is 1. The van der Waals surface area contributed by atoms with Crippen molar-refractivity contribution in [2.24, 2.45) is 4.99 Å². The van der Waals surface area contributed by atoms with Crippen molar-refractivity contribution in [3.63, 3.8) is 0 Å². The first-order valence-corrected chi connectivity index (χ1v) is 11.6. The van der Waals surface area contributed by atoms with Crippen LogP contribution in [-0.4, -0.2) is 27.0 Å². The number of nitrogens with zero attached hydrogens (tertiary/aromatic N) is 3. The van der Waals surface area contributed by atoms with Gasteiger partial charge in [0.2, 0.25) is 5.13 Å². The molecule has 27 heavy (non-hydrogen) atoms. The Morgan fingerprint density at radius 3 is 2.63 bits per heavy atom. The Morgan fingerprint density at radius 1 is 1.22 bits per heavy atom. The van der Waals surface area contributed by atoms with Crippen LogP contribution < -0.4 is 0 Å². The van der Waals surface area contributed by atoms with Gasteiger partial charge in [0, 0.05) is 15.9 Å². The third-order valence-electron chi connectivity index (χ3n) is 4.74. The van der Waals surface area contributed by atoms with Gasteiger partial charge in [-0.2, -0.15) is 4.99 Å². The van der Waals surface area contributed by atoms with E-state index in [9.17, 15) is 4.79 Å². The van der Waals surface area contributed by atoms with E-state index in [-0.39, 0.29) is 11.9 Å². The summed E-state index contributed by atoms with van der Waals surface area (Å²) >= 11 is 6.44. The third-order valence-corrected chi connectivity index (χ3v) is 7.11. The lowest BCUT2D eigenvalue weighted by Gasteiger charge is -2.30. The Bertz CT molecular complexity index is 898. The predicted octanol–water partition coefficient (Wildman–Crippen LogP) is 6.15. The molecular formula is C20H20BrN3OS2. The third kappa shape index (κ3) is 4.36. The molecule has 2 heterocycles. The number of halogens is 1. The Labute approximate surface area is 175 Å². The summed E-state index contributed by atoms with van der Waals surface area (Å²) in [5.74, 6) is 0.0712. The first-order valence-electron chi connectivity index (χ1n) is 9.09. The van der Waals surface area contributed by atoms with Crippen molar-refractivity contribution < 1.29 is 4.79 Å². The molecule has 0 atom stereocenters. The molecule has 4 nitrogen and oxygen atoms in total. The van der Waals surface area contributed by atoms with E-state index in [0.717, 1.165) is 38.6 Å². The summed E-state index contributed by atoms with van der Waals surface area (Å²) < 4.78 is 1.03. The second-order valence-corrected chi connectivity index (χ2v) is 9.56. The zero-order chi connectivity index (χ0) is 18.8. The normalized spacial score (nSPS) is 21.6. The molecule has 2 aliphatic rings. The second-order valence-electron chi connectivity index (χ2n) is 6.80. The molecule has 140 valence electrons. The smallest absolute Gasteiger partial charge is 0.267 e. The first-order chi connectivity index (χ1) is 13.1. The summed E-state index contributed by atoms with van der Waals surface area (Å²) in [6.07, 6.45) is 7.67. The molecule has 7 heteroatoms. The molecule has 1 saturated heterocycles. The van der Waals surface area contributed by atoms with Gasteiger partial charge in [0.1, 0.15) is 0 Å². The summed E-state index contributed by atoms with van der Waals surface area (Å²) in [7, 11) is 0. The summed E-state index contributed by atoms with van der Waals surface area (Å²) in [6, 6.07) is 8.24. The topological polar surface area (TPSA) is 45.6 Å². The minimum Gasteiger partial charge on any atom is -0.283 e. The molecule has 2 fully saturated rings. The Morgan fingerprint density at radius 2 is 1.96 bits per heavy atom. The fourth-order valence-electron chi connectivity index (χ4n) is 3.41. The number of benzene rings is 1. The molecule has 1 aromatic carbocycles. The second kappa shape index (κ2) is 8.29. The van der Waals surface area contributed by atoms with Gasteiger partial charge < -0.3 is 0 Å². The molecule has 1 aliphatic carbocycles. The molecule has 1 aromatic heterocycles. The summed E-state index contributed by atoms with van der Waals surface area (Å²) in [5.41, 5.74) is 1.98. The Balaban J connectivity index is 1.68. The number of thiazole rings is 1. The number of hydrogen-bond donors (Lipinski definition) is 0. The van der Waals surface area contributed by atoms with Crippen molar-refractivity contribution in [2.45, 2.75) is 45.1 Å². The van der Waals surface area contributed by atoms with Gasteiger partial charge >= 0.3 is 0 Å². The van der Waals surface area contributed by atoms with Crippen LogP contribution in [0.2, 0.25) is 0 Å². The van der Waals surface area contributed by atoms with Crippen molar-refractivity contribution in [3.8, 4) is 0 Å². The van der Waals surface area contributed by atoms with E-state index >= 15 is 0 Å². The number of amides is 1. The monoisotopic (exact) mass is 461 g/mol. The zero-order valence-corrected chi connectivity index (χ0v) is 18.2. The number of thioether (sulfide) groups is 1. The Kier molecular flexibility index (Phi) is 5.80. The largest absolute Gasteiger partial charge is 0.283 e. The lowest BCUT2D eigenvalue weighted by Crippen LogP contribution is -2.40.